The summed E-state index contributed by atoms with van der Waals surface area (Å²) in [5, 5.41) is 12.0. The topological polar surface area (TPSA) is 75.0 Å². The lowest BCUT2D eigenvalue weighted by molar-refractivity contribution is 0.0835. The zero-order valence-electron chi connectivity index (χ0n) is 18.0. The predicted molar refractivity (Wildman–Crippen MR) is 130 cm³/mol. The van der Waals surface area contributed by atoms with E-state index in [4.69, 9.17) is 9.47 Å². The van der Waals surface area contributed by atoms with E-state index in [9.17, 15) is 0 Å². The van der Waals surface area contributed by atoms with Crippen LogP contribution in [0.5, 0.6) is 11.5 Å². The number of nitrogens with zero attached hydrogens (tertiary/aromatic N) is 5. The Morgan fingerprint density at radius 3 is 2.71 bits per heavy atom. The van der Waals surface area contributed by atoms with E-state index in [1.54, 1.807) is 17.7 Å². The van der Waals surface area contributed by atoms with Gasteiger partial charge in [0.15, 0.2) is 23.4 Å². The molecule has 0 spiro atoms. The summed E-state index contributed by atoms with van der Waals surface area (Å²) in [6.45, 7) is 0.364. The van der Waals surface area contributed by atoms with Gasteiger partial charge in [0.1, 0.15) is 22.8 Å². The fraction of sp³-hybridized carbons (Fsp3) is 0.200. The molecule has 2 aromatic carbocycles. The van der Waals surface area contributed by atoms with Crippen molar-refractivity contribution in [1.82, 2.24) is 24.7 Å². The zero-order chi connectivity index (χ0) is 22.5. The van der Waals surface area contributed by atoms with Gasteiger partial charge < -0.3 is 9.47 Å². The van der Waals surface area contributed by atoms with Crippen molar-refractivity contribution in [3.8, 4) is 17.2 Å². The third-order valence-electron chi connectivity index (χ3n) is 6.12. The molecule has 0 saturated heterocycles. The number of benzene rings is 2. The smallest absolute Gasteiger partial charge is 0.202 e. The average Bonchev–Trinajstić information content (AvgIpc) is 3.59. The summed E-state index contributed by atoms with van der Waals surface area (Å²) in [4.78, 5) is 11.7. The van der Waals surface area contributed by atoms with Crippen molar-refractivity contribution in [1.29, 1.82) is 0 Å². The van der Waals surface area contributed by atoms with E-state index in [1.165, 1.54) is 34.0 Å². The SMILES string of the molecule is c1ccc(-n2c(Sc3ncnc4sc5c(c34)CCC5)nnc2[C@H]2COc3ccccc3O2)cc1. The lowest BCUT2D eigenvalue weighted by Crippen LogP contribution is -2.24. The lowest BCUT2D eigenvalue weighted by atomic mass is 10.2. The first-order chi connectivity index (χ1) is 16.8. The third-order valence-corrected chi connectivity index (χ3v) is 8.27. The van der Waals surface area contributed by atoms with Crippen LogP contribution in [0.3, 0.4) is 0 Å². The maximum absolute atomic E-state index is 6.28. The van der Waals surface area contributed by atoms with Crippen LogP contribution < -0.4 is 9.47 Å². The molecule has 5 aromatic rings. The molecule has 0 unspecified atom stereocenters. The van der Waals surface area contributed by atoms with Crippen molar-refractivity contribution in [2.24, 2.45) is 0 Å². The van der Waals surface area contributed by atoms with Crippen LogP contribution in [0.25, 0.3) is 15.9 Å². The molecule has 1 atom stereocenters. The molecule has 4 heterocycles. The van der Waals surface area contributed by atoms with Crippen LogP contribution in [0.15, 0.2) is 71.1 Å². The van der Waals surface area contributed by atoms with Crippen molar-refractivity contribution in [2.45, 2.75) is 35.5 Å². The summed E-state index contributed by atoms with van der Waals surface area (Å²) in [6.07, 6.45) is 4.68. The molecule has 7 rings (SSSR count). The van der Waals surface area contributed by atoms with Crippen LogP contribution in [-0.4, -0.2) is 31.3 Å². The maximum Gasteiger partial charge on any atom is 0.202 e. The first kappa shape index (κ1) is 20.0. The van der Waals surface area contributed by atoms with E-state index in [0.29, 0.717) is 18.2 Å². The maximum atomic E-state index is 6.28. The molecule has 0 radical (unpaired) electrons. The van der Waals surface area contributed by atoms with Crippen molar-refractivity contribution in [2.75, 3.05) is 6.61 Å². The number of ether oxygens (including phenoxy) is 2. The molecule has 9 heteroatoms. The summed E-state index contributed by atoms with van der Waals surface area (Å²) in [5.41, 5.74) is 2.36. The van der Waals surface area contributed by atoms with Crippen LogP contribution in [-0.2, 0) is 12.8 Å². The molecule has 34 heavy (non-hydrogen) atoms. The Morgan fingerprint density at radius 2 is 1.79 bits per heavy atom. The predicted octanol–water partition coefficient (Wildman–Crippen LogP) is 5.42. The van der Waals surface area contributed by atoms with Crippen LogP contribution >= 0.6 is 23.1 Å². The van der Waals surface area contributed by atoms with Gasteiger partial charge in [0.2, 0.25) is 5.16 Å². The summed E-state index contributed by atoms with van der Waals surface area (Å²) in [6, 6.07) is 17.8. The van der Waals surface area contributed by atoms with Crippen molar-refractivity contribution in [3.05, 3.63) is 77.2 Å². The standard InChI is InChI=1S/C25H19N5O2S2/c1-2-7-15(8-3-1)30-22(19-13-31-17-10-4-5-11-18(17)32-19)28-29-25(30)34-24-21-16-9-6-12-20(16)33-23(21)26-14-27-24/h1-5,7-8,10-11,14,19H,6,9,12-13H2/t19-/m1/s1. The van der Waals surface area contributed by atoms with Crippen LogP contribution in [0, 0.1) is 0 Å². The molecule has 168 valence electrons. The van der Waals surface area contributed by atoms with Gasteiger partial charge in [0.25, 0.3) is 0 Å². The Labute approximate surface area is 203 Å². The van der Waals surface area contributed by atoms with E-state index in [-0.39, 0.29) is 6.10 Å². The number of hydrogen-bond donors (Lipinski definition) is 0. The molecule has 0 fully saturated rings. The molecule has 0 bridgehead atoms. The quantitative estimate of drug-likeness (QED) is 0.315. The number of hydrogen-bond acceptors (Lipinski definition) is 8. The number of fused-ring (bicyclic) bond motifs is 4. The molecule has 1 aliphatic heterocycles. The number of para-hydroxylation sites is 3. The minimum Gasteiger partial charge on any atom is -0.485 e. The monoisotopic (exact) mass is 485 g/mol. The highest BCUT2D eigenvalue weighted by molar-refractivity contribution is 7.99. The normalized spacial score (nSPS) is 16.6. The fourth-order valence-electron chi connectivity index (χ4n) is 4.59. The van der Waals surface area contributed by atoms with Crippen molar-refractivity contribution >= 4 is 33.3 Å². The largest absolute Gasteiger partial charge is 0.485 e. The molecular weight excluding hydrogens is 466 g/mol. The fourth-order valence-corrected chi connectivity index (χ4v) is 6.85. The van der Waals surface area contributed by atoms with Crippen molar-refractivity contribution < 1.29 is 9.47 Å². The van der Waals surface area contributed by atoms with Gasteiger partial charge in [-0.1, -0.05) is 30.3 Å². The van der Waals surface area contributed by atoms with Gasteiger partial charge in [-0.2, -0.15) is 0 Å². The van der Waals surface area contributed by atoms with Gasteiger partial charge in [-0.25, -0.2) is 9.97 Å². The summed E-state index contributed by atoms with van der Waals surface area (Å²) < 4.78 is 14.3. The summed E-state index contributed by atoms with van der Waals surface area (Å²) >= 11 is 3.32. The van der Waals surface area contributed by atoms with Gasteiger partial charge >= 0.3 is 0 Å². The van der Waals surface area contributed by atoms with Gasteiger partial charge in [-0.15, -0.1) is 21.5 Å². The second-order valence-corrected chi connectivity index (χ2v) is 10.2. The molecule has 0 amide bonds. The number of rotatable bonds is 4. The van der Waals surface area contributed by atoms with E-state index >= 15 is 0 Å². The molecule has 1 aliphatic carbocycles. The van der Waals surface area contributed by atoms with Crippen LogP contribution in [0.4, 0.5) is 0 Å². The molecule has 7 nitrogen and oxygen atoms in total. The number of aryl methyl sites for hydroxylation is 2. The van der Waals surface area contributed by atoms with E-state index < -0.39 is 0 Å². The molecule has 2 aliphatic rings. The highest BCUT2D eigenvalue weighted by atomic mass is 32.2. The van der Waals surface area contributed by atoms with Crippen LogP contribution in [0.1, 0.15) is 28.8 Å². The molecule has 3 aromatic heterocycles. The Morgan fingerprint density at radius 1 is 0.941 bits per heavy atom. The van der Waals surface area contributed by atoms with Crippen molar-refractivity contribution in [3.63, 3.8) is 0 Å². The highest BCUT2D eigenvalue weighted by Crippen LogP contribution is 2.42. The third kappa shape index (κ3) is 3.26. The van der Waals surface area contributed by atoms with Crippen LogP contribution in [0.2, 0.25) is 0 Å². The first-order valence-corrected chi connectivity index (χ1v) is 12.8. The minimum atomic E-state index is -0.382. The molecule has 0 N–H and O–H groups in total. The summed E-state index contributed by atoms with van der Waals surface area (Å²) in [5.74, 6) is 2.15. The van der Waals surface area contributed by atoms with Gasteiger partial charge in [-0.05, 0) is 60.9 Å². The Kier molecular flexibility index (Phi) is 4.76. The molecular formula is C25H19N5O2S2. The first-order valence-electron chi connectivity index (χ1n) is 11.2. The average molecular weight is 486 g/mol. The Hall–Kier alpha value is -3.43. The van der Waals surface area contributed by atoms with Gasteiger partial charge in [-0.3, -0.25) is 4.57 Å². The lowest BCUT2D eigenvalue weighted by Gasteiger charge is -2.26. The summed E-state index contributed by atoms with van der Waals surface area (Å²) in [7, 11) is 0. The zero-order valence-corrected chi connectivity index (χ0v) is 19.7. The second-order valence-electron chi connectivity index (χ2n) is 8.19. The van der Waals surface area contributed by atoms with E-state index in [2.05, 4.69) is 20.2 Å². The molecule has 0 saturated carbocycles. The van der Waals surface area contributed by atoms with E-state index in [1.807, 2.05) is 59.2 Å². The van der Waals surface area contributed by atoms with Gasteiger partial charge in [0.05, 0.1) is 0 Å². The highest BCUT2D eigenvalue weighted by Gasteiger charge is 2.30. The van der Waals surface area contributed by atoms with E-state index in [0.717, 1.165) is 39.3 Å². The second kappa shape index (κ2) is 8.11. The van der Waals surface area contributed by atoms with Gasteiger partial charge in [0, 0.05) is 16.0 Å². The minimum absolute atomic E-state index is 0.364. The number of thiophene rings is 1. The Bertz CT molecular complexity index is 1510. The Balaban J connectivity index is 1.33. The number of aromatic nitrogens is 5.